The van der Waals surface area contributed by atoms with Crippen LogP contribution in [-0.2, 0) is 14.3 Å². The van der Waals surface area contributed by atoms with Crippen LogP contribution in [0.1, 0.15) is 85.5 Å². The molecule has 4 bridgehead atoms. The molecular weight excluding hydrogens is 464 g/mol. The first-order valence-corrected chi connectivity index (χ1v) is 14.9. The molecular formula is C32H44O5. The van der Waals surface area contributed by atoms with Crippen molar-refractivity contribution in [1.82, 2.24) is 0 Å². The fraction of sp³-hybridized carbons (Fsp3) is 0.812. The number of hydrogen-bond donors (Lipinski definition) is 2. The molecule has 0 aromatic carbocycles. The van der Waals surface area contributed by atoms with Gasteiger partial charge in [-0.25, -0.2) is 0 Å². The molecule has 2 unspecified atom stereocenters. The van der Waals surface area contributed by atoms with Crippen LogP contribution in [0.4, 0.5) is 0 Å². The summed E-state index contributed by atoms with van der Waals surface area (Å²) in [7, 11) is 0. The second-order valence-corrected chi connectivity index (χ2v) is 15.3. The van der Waals surface area contributed by atoms with Gasteiger partial charge in [-0.15, -0.1) is 0 Å². The molecule has 0 spiro atoms. The Hall–Kier alpha value is -1.46. The molecule has 2 N–H and O–H groups in total. The van der Waals surface area contributed by atoms with Crippen LogP contribution in [0.15, 0.2) is 23.3 Å². The van der Waals surface area contributed by atoms with Crippen LogP contribution in [0.5, 0.6) is 0 Å². The quantitative estimate of drug-likeness (QED) is 0.412. The monoisotopic (exact) mass is 508 g/mol. The predicted octanol–water partition coefficient (Wildman–Crippen LogP) is 5.00. The summed E-state index contributed by atoms with van der Waals surface area (Å²) in [5.41, 5.74) is -0.629. The second kappa shape index (κ2) is 7.59. The second-order valence-electron chi connectivity index (χ2n) is 15.3. The van der Waals surface area contributed by atoms with Crippen molar-refractivity contribution < 1.29 is 24.5 Å². The van der Waals surface area contributed by atoms with Gasteiger partial charge >= 0.3 is 5.97 Å². The van der Waals surface area contributed by atoms with E-state index in [0.29, 0.717) is 12.0 Å². The van der Waals surface area contributed by atoms with Gasteiger partial charge in [0.15, 0.2) is 5.78 Å². The minimum atomic E-state index is -1.47. The number of esters is 1. The number of allylic oxidation sites excluding steroid dienone is 1. The van der Waals surface area contributed by atoms with E-state index in [-0.39, 0.29) is 65.2 Å². The molecule has 6 fully saturated rings. The first kappa shape index (κ1) is 24.6. The summed E-state index contributed by atoms with van der Waals surface area (Å²) in [6, 6.07) is 0. The normalized spacial score (nSPS) is 52.4. The van der Waals surface area contributed by atoms with Crippen molar-refractivity contribution in [3.63, 3.8) is 0 Å². The molecule has 8 rings (SSSR count). The first-order chi connectivity index (χ1) is 17.4. The van der Waals surface area contributed by atoms with Gasteiger partial charge in [0.25, 0.3) is 0 Å². The van der Waals surface area contributed by atoms with Gasteiger partial charge in [0.1, 0.15) is 11.2 Å². The smallest absolute Gasteiger partial charge is 0.306 e. The Morgan fingerprint density at radius 3 is 2.27 bits per heavy atom. The van der Waals surface area contributed by atoms with E-state index in [4.69, 9.17) is 4.74 Å². The zero-order chi connectivity index (χ0) is 26.1. The minimum Gasteiger partial charge on any atom is -0.458 e. The van der Waals surface area contributed by atoms with E-state index in [9.17, 15) is 19.8 Å². The maximum atomic E-state index is 13.7. The van der Waals surface area contributed by atoms with Gasteiger partial charge in [0.2, 0.25) is 0 Å². The third-order valence-electron chi connectivity index (χ3n) is 12.7. The van der Waals surface area contributed by atoms with Crippen LogP contribution in [0.25, 0.3) is 0 Å². The fourth-order valence-electron chi connectivity index (χ4n) is 11.7. The van der Waals surface area contributed by atoms with E-state index in [0.717, 1.165) is 29.7 Å². The van der Waals surface area contributed by atoms with Gasteiger partial charge in [-0.05, 0) is 104 Å². The Bertz CT molecular complexity index is 1080. The average Bonchev–Trinajstić information content (AvgIpc) is 3.22. The first-order valence-electron chi connectivity index (χ1n) is 14.9. The molecule has 0 aromatic rings. The zero-order valence-electron chi connectivity index (χ0n) is 23.0. The lowest BCUT2D eigenvalue weighted by molar-refractivity contribution is -0.166. The molecule has 37 heavy (non-hydrogen) atoms. The molecule has 0 amide bonds. The Kier molecular flexibility index (Phi) is 5.04. The molecule has 0 heterocycles. The van der Waals surface area contributed by atoms with E-state index >= 15 is 0 Å². The van der Waals surface area contributed by atoms with E-state index in [2.05, 4.69) is 26.8 Å². The summed E-state index contributed by atoms with van der Waals surface area (Å²) < 4.78 is 6.64. The third-order valence-corrected chi connectivity index (χ3v) is 12.7. The van der Waals surface area contributed by atoms with Crippen molar-refractivity contribution in [3.8, 4) is 0 Å². The van der Waals surface area contributed by atoms with Crippen molar-refractivity contribution in [3.05, 3.63) is 23.3 Å². The van der Waals surface area contributed by atoms with Crippen molar-refractivity contribution >= 4 is 11.8 Å². The number of fused-ring (bicyclic) bond motifs is 5. The van der Waals surface area contributed by atoms with Crippen LogP contribution in [-0.4, -0.2) is 39.8 Å². The number of rotatable bonds is 4. The Morgan fingerprint density at radius 2 is 1.68 bits per heavy atom. The fourth-order valence-corrected chi connectivity index (χ4v) is 11.7. The van der Waals surface area contributed by atoms with Crippen LogP contribution in [0, 0.1) is 58.2 Å². The zero-order valence-corrected chi connectivity index (χ0v) is 23.0. The Labute approximate surface area is 221 Å². The number of carbonyl (C=O) groups excluding carboxylic acids is 2. The van der Waals surface area contributed by atoms with Crippen LogP contribution < -0.4 is 0 Å². The Morgan fingerprint density at radius 1 is 1.05 bits per heavy atom. The van der Waals surface area contributed by atoms with E-state index in [1.54, 1.807) is 6.92 Å². The summed E-state index contributed by atoms with van der Waals surface area (Å²) in [5.74, 6) is 2.42. The van der Waals surface area contributed by atoms with Crippen LogP contribution >= 0.6 is 0 Å². The van der Waals surface area contributed by atoms with Crippen molar-refractivity contribution in [1.29, 1.82) is 0 Å². The van der Waals surface area contributed by atoms with Gasteiger partial charge in [-0.1, -0.05) is 32.9 Å². The maximum absolute atomic E-state index is 13.7. The number of hydrogen-bond acceptors (Lipinski definition) is 5. The molecule has 0 saturated heterocycles. The highest BCUT2D eigenvalue weighted by atomic mass is 16.6. The molecule has 7 atom stereocenters. The topological polar surface area (TPSA) is 83.8 Å². The van der Waals surface area contributed by atoms with E-state index in [1.807, 2.05) is 6.08 Å². The van der Waals surface area contributed by atoms with Gasteiger partial charge in [-0.2, -0.15) is 0 Å². The lowest BCUT2D eigenvalue weighted by atomic mass is 9.49. The number of ketones is 1. The molecule has 0 aliphatic heterocycles. The number of aliphatic hydroxyl groups is 2. The summed E-state index contributed by atoms with van der Waals surface area (Å²) in [6.45, 7) is 8.31. The number of aliphatic hydroxyl groups excluding tert-OH is 1. The molecule has 202 valence electrons. The van der Waals surface area contributed by atoms with Crippen LogP contribution in [0.2, 0.25) is 0 Å². The highest BCUT2D eigenvalue weighted by Crippen LogP contribution is 2.76. The largest absolute Gasteiger partial charge is 0.458 e. The third kappa shape index (κ3) is 3.22. The average molecular weight is 509 g/mol. The number of carbonyl (C=O) groups is 2. The van der Waals surface area contributed by atoms with Crippen molar-refractivity contribution in [2.75, 3.05) is 6.61 Å². The summed E-state index contributed by atoms with van der Waals surface area (Å²) in [5, 5.41) is 21.9. The van der Waals surface area contributed by atoms with Gasteiger partial charge in [0, 0.05) is 23.7 Å². The summed E-state index contributed by atoms with van der Waals surface area (Å²) >= 11 is 0. The van der Waals surface area contributed by atoms with E-state index < -0.39 is 11.2 Å². The highest BCUT2D eigenvalue weighted by molar-refractivity contribution is 6.04. The maximum Gasteiger partial charge on any atom is 0.306 e. The summed E-state index contributed by atoms with van der Waals surface area (Å²) in [4.78, 5) is 26.8. The van der Waals surface area contributed by atoms with Gasteiger partial charge < -0.3 is 14.9 Å². The number of Topliss-reactive ketones (excluding diaryl/α,β-unsaturated/α-hetero) is 1. The molecule has 0 aromatic heterocycles. The lowest BCUT2D eigenvalue weighted by Crippen LogP contribution is -2.49. The van der Waals surface area contributed by atoms with Crippen molar-refractivity contribution in [2.24, 2.45) is 58.2 Å². The predicted molar refractivity (Wildman–Crippen MR) is 139 cm³/mol. The van der Waals surface area contributed by atoms with Gasteiger partial charge in [-0.3, -0.25) is 9.59 Å². The molecule has 5 heteroatoms. The minimum absolute atomic E-state index is 0.00792. The molecule has 5 nitrogen and oxygen atoms in total. The standard InChI is InChI=1S/C32H44O5/c1-17-5-24-26-18(2)10-32(37-25(34)15-30-11-19-6-20(12-30)8-21(7-19)13-30)27(29(32,3)4)23(26)9-22(16-33)14-31(24,36)28(17)35/h5,9,18-21,23-24,26-27,33,36H,6-8,10-16H2,1-4H3/t18?,19?,20?,21?,23-,24+,26?,27-,30?,31-,32+/m1/s1. The highest BCUT2D eigenvalue weighted by Gasteiger charge is 2.80. The lowest BCUT2D eigenvalue weighted by Gasteiger charge is -2.56. The molecule has 8 aliphatic rings. The number of ether oxygens (including phenoxy) is 1. The summed E-state index contributed by atoms with van der Waals surface area (Å²) in [6.07, 6.45) is 13.4. The van der Waals surface area contributed by atoms with Crippen LogP contribution in [0.3, 0.4) is 0 Å². The molecule has 8 aliphatic carbocycles. The van der Waals surface area contributed by atoms with Crippen molar-refractivity contribution in [2.45, 2.75) is 96.7 Å². The SMILES string of the molecule is CC1=C[C@H]2C3C(C)C[C@]4(OC(=O)CC56CC7CC(CC(C7)C5)C6)[C@H]([C@@H]3C=C(CO)C[C@]2(O)C1=O)C4(C)C. The Balaban J connectivity index is 1.18. The molecule has 6 saturated carbocycles. The van der Waals surface area contributed by atoms with Gasteiger partial charge in [0.05, 0.1) is 13.0 Å². The molecule has 0 radical (unpaired) electrons. The van der Waals surface area contributed by atoms with E-state index in [1.165, 1.54) is 38.5 Å².